The van der Waals surface area contributed by atoms with Crippen LogP contribution >= 0.6 is 11.8 Å². The second-order valence-electron chi connectivity index (χ2n) is 5.81. The van der Waals surface area contributed by atoms with Gasteiger partial charge in [0.25, 0.3) is 11.6 Å². The number of para-hydroxylation sites is 2. The molecular weight excluding hydrogens is 368 g/mol. The third kappa shape index (κ3) is 6.41. The molecule has 7 nitrogen and oxygen atoms in total. The second-order valence-corrected chi connectivity index (χ2v) is 6.98. The fourth-order valence-electron chi connectivity index (χ4n) is 2.17. The molecule has 1 atom stereocenters. The van der Waals surface area contributed by atoms with Crippen LogP contribution < -0.4 is 5.32 Å². The summed E-state index contributed by atoms with van der Waals surface area (Å²) in [4.78, 5) is 35.5. The summed E-state index contributed by atoms with van der Waals surface area (Å²) in [7, 11) is 0. The molecule has 0 aliphatic heterocycles. The van der Waals surface area contributed by atoms with E-state index in [9.17, 15) is 19.7 Å². The van der Waals surface area contributed by atoms with Crippen LogP contribution in [0.1, 0.15) is 18.9 Å². The minimum absolute atomic E-state index is 0.0605. The number of hydrogen-bond acceptors (Lipinski definition) is 6. The second kappa shape index (κ2) is 9.72. The summed E-state index contributed by atoms with van der Waals surface area (Å²) in [5.41, 5.74) is 1.00. The molecule has 0 bridgehead atoms. The maximum atomic E-state index is 12.1. The summed E-state index contributed by atoms with van der Waals surface area (Å²) in [5.74, 6) is -0.593. The largest absolute Gasteiger partial charge is 0.453 e. The predicted octanol–water partition coefficient (Wildman–Crippen LogP) is 3.96. The monoisotopic (exact) mass is 388 g/mol. The average Bonchev–Trinajstić information content (AvgIpc) is 2.63. The number of anilines is 1. The molecule has 0 spiro atoms. The van der Waals surface area contributed by atoms with Gasteiger partial charge in [0.1, 0.15) is 5.69 Å². The number of nitro benzene ring substituents is 1. The SMILES string of the molecule is Cc1ccc(SCCC(=O)O[C@@H](C)C(=O)Nc2ccccc2[N+](=O)[O-])cc1. The van der Waals surface area contributed by atoms with Gasteiger partial charge in [-0.25, -0.2) is 0 Å². The molecule has 2 rings (SSSR count). The first kappa shape index (κ1) is 20.4. The molecule has 0 aliphatic carbocycles. The molecule has 0 aliphatic rings. The number of amides is 1. The maximum Gasteiger partial charge on any atom is 0.307 e. The molecule has 0 unspecified atom stereocenters. The Bertz CT molecular complexity index is 823. The minimum atomic E-state index is -1.05. The Hall–Kier alpha value is -2.87. The zero-order chi connectivity index (χ0) is 19.8. The molecule has 8 heteroatoms. The number of nitrogens with zero attached hydrogens (tertiary/aromatic N) is 1. The molecule has 142 valence electrons. The van der Waals surface area contributed by atoms with Gasteiger partial charge in [-0.15, -0.1) is 11.8 Å². The van der Waals surface area contributed by atoms with E-state index in [0.29, 0.717) is 5.75 Å². The zero-order valence-corrected chi connectivity index (χ0v) is 15.8. The third-order valence-electron chi connectivity index (χ3n) is 3.63. The van der Waals surface area contributed by atoms with Gasteiger partial charge in [0, 0.05) is 16.7 Å². The van der Waals surface area contributed by atoms with Gasteiger partial charge < -0.3 is 10.1 Å². The number of benzene rings is 2. The van der Waals surface area contributed by atoms with E-state index in [1.54, 1.807) is 6.07 Å². The van der Waals surface area contributed by atoms with Crippen molar-refractivity contribution in [1.82, 2.24) is 0 Å². The molecule has 0 fully saturated rings. The van der Waals surface area contributed by atoms with E-state index >= 15 is 0 Å². The average molecular weight is 388 g/mol. The smallest absolute Gasteiger partial charge is 0.307 e. The highest BCUT2D eigenvalue weighted by atomic mass is 32.2. The van der Waals surface area contributed by atoms with Crippen molar-refractivity contribution in [3.63, 3.8) is 0 Å². The number of nitrogens with one attached hydrogen (secondary N) is 1. The summed E-state index contributed by atoms with van der Waals surface area (Å²) in [5, 5.41) is 13.4. The van der Waals surface area contributed by atoms with Crippen LogP contribution in [-0.2, 0) is 14.3 Å². The van der Waals surface area contributed by atoms with E-state index in [1.807, 2.05) is 31.2 Å². The first-order chi connectivity index (χ1) is 12.9. The lowest BCUT2D eigenvalue weighted by Gasteiger charge is -2.13. The van der Waals surface area contributed by atoms with Gasteiger partial charge in [0.15, 0.2) is 6.10 Å². The van der Waals surface area contributed by atoms with Crippen molar-refractivity contribution in [3.8, 4) is 0 Å². The molecule has 0 radical (unpaired) electrons. The van der Waals surface area contributed by atoms with E-state index in [4.69, 9.17) is 4.74 Å². The number of carbonyl (C=O) groups excluding carboxylic acids is 2. The molecule has 0 saturated carbocycles. The molecule has 2 aromatic carbocycles. The lowest BCUT2D eigenvalue weighted by Crippen LogP contribution is -2.30. The van der Waals surface area contributed by atoms with E-state index < -0.39 is 22.9 Å². The number of carbonyl (C=O) groups is 2. The Morgan fingerprint density at radius 3 is 2.52 bits per heavy atom. The zero-order valence-electron chi connectivity index (χ0n) is 15.0. The fourth-order valence-corrected chi connectivity index (χ4v) is 3.00. The lowest BCUT2D eigenvalue weighted by molar-refractivity contribution is -0.383. The third-order valence-corrected chi connectivity index (χ3v) is 4.65. The van der Waals surface area contributed by atoms with Gasteiger partial charge >= 0.3 is 5.97 Å². The Morgan fingerprint density at radius 1 is 1.19 bits per heavy atom. The predicted molar refractivity (Wildman–Crippen MR) is 104 cm³/mol. The highest BCUT2D eigenvalue weighted by Gasteiger charge is 2.21. The topological polar surface area (TPSA) is 98.5 Å². The van der Waals surface area contributed by atoms with Gasteiger partial charge in [0.2, 0.25) is 0 Å². The lowest BCUT2D eigenvalue weighted by atomic mass is 10.2. The van der Waals surface area contributed by atoms with Crippen LogP contribution in [0.25, 0.3) is 0 Å². The first-order valence-corrected chi connectivity index (χ1v) is 9.28. The van der Waals surface area contributed by atoms with Gasteiger partial charge in [0.05, 0.1) is 11.3 Å². The number of thioether (sulfide) groups is 1. The number of nitro groups is 1. The van der Waals surface area contributed by atoms with E-state index in [0.717, 1.165) is 10.5 Å². The van der Waals surface area contributed by atoms with Crippen LogP contribution in [0.5, 0.6) is 0 Å². The van der Waals surface area contributed by atoms with Crippen LogP contribution in [0.4, 0.5) is 11.4 Å². The molecule has 2 aromatic rings. The molecule has 0 heterocycles. The van der Waals surface area contributed by atoms with Gasteiger partial charge in [-0.3, -0.25) is 19.7 Å². The Morgan fingerprint density at radius 2 is 1.85 bits per heavy atom. The van der Waals surface area contributed by atoms with Gasteiger partial charge in [-0.2, -0.15) is 0 Å². The maximum absolute atomic E-state index is 12.1. The highest BCUT2D eigenvalue weighted by Crippen LogP contribution is 2.23. The molecule has 1 amide bonds. The molecule has 0 saturated heterocycles. The molecule has 1 N–H and O–H groups in total. The van der Waals surface area contributed by atoms with Crippen molar-refractivity contribution in [2.24, 2.45) is 0 Å². The number of rotatable bonds is 8. The van der Waals surface area contributed by atoms with Crippen LogP contribution in [0.2, 0.25) is 0 Å². The van der Waals surface area contributed by atoms with Crippen molar-refractivity contribution in [1.29, 1.82) is 0 Å². The van der Waals surface area contributed by atoms with E-state index in [-0.39, 0.29) is 17.8 Å². The standard InChI is InChI=1S/C19H20N2O5S/c1-13-7-9-15(10-8-13)27-12-11-18(22)26-14(2)19(23)20-16-5-3-4-6-17(16)21(24)25/h3-10,14H,11-12H2,1-2H3,(H,20,23)/t14-/m0/s1. The van der Waals surface area contributed by atoms with Crippen LogP contribution in [0.15, 0.2) is 53.4 Å². The Labute approximate surface area is 161 Å². The van der Waals surface area contributed by atoms with E-state index in [2.05, 4.69) is 5.32 Å². The highest BCUT2D eigenvalue weighted by molar-refractivity contribution is 7.99. The van der Waals surface area contributed by atoms with Crippen molar-refractivity contribution in [2.75, 3.05) is 11.1 Å². The summed E-state index contributed by atoms with van der Waals surface area (Å²) >= 11 is 1.52. The summed E-state index contributed by atoms with van der Waals surface area (Å²) < 4.78 is 5.11. The minimum Gasteiger partial charge on any atom is -0.453 e. The first-order valence-electron chi connectivity index (χ1n) is 8.30. The van der Waals surface area contributed by atoms with Crippen LogP contribution in [-0.4, -0.2) is 28.7 Å². The summed E-state index contributed by atoms with van der Waals surface area (Å²) in [6, 6.07) is 13.7. The quantitative estimate of drug-likeness (QED) is 0.318. The fraction of sp³-hybridized carbons (Fsp3) is 0.263. The van der Waals surface area contributed by atoms with Gasteiger partial charge in [-0.05, 0) is 32.0 Å². The molecular formula is C19H20N2O5S. The van der Waals surface area contributed by atoms with Crippen molar-refractivity contribution >= 4 is 35.0 Å². The summed E-state index contributed by atoms with van der Waals surface area (Å²) in [6.07, 6.45) is -0.900. The van der Waals surface area contributed by atoms with Crippen LogP contribution in [0.3, 0.4) is 0 Å². The number of aryl methyl sites for hydroxylation is 1. The number of ether oxygens (including phenoxy) is 1. The van der Waals surface area contributed by atoms with E-state index in [1.165, 1.54) is 36.9 Å². The Kier molecular flexibility index (Phi) is 7.36. The Balaban J connectivity index is 1.80. The van der Waals surface area contributed by atoms with Crippen molar-refractivity contribution in [2.45, 2.75) is 31.3 Å². The molecule has 0 aromatic heterocycles. The number of esters is 1. The van der Waals surface area contributed by atoms with Crippen molar-refractivity contribution in [3.05, 3.63) is 64.2 Å². The number of hydrogen-bond donors (Lipinski definition) is 1. The normalized spacial score (nSPS) is 11.5. The van der Waals surface area contributed by atoms with Crippen molar-refractivity contribution < 1.29 is 19.2 Å². The summed E-state index contributed by atoms with van der Waals surface area (Å²) in [6.45, 7) is 3.43. The molecule has 27 heavy (non-hydrogen) atoms. The van der Waals surface area contributed by atoms with Gasteiger partial charge in [-0.1, -0.05) is 29.8 Å². The van der Waals surface area contributed by atoms with Crippen LogP contribution in [0, 0.1) is 17.0 Å².